The first-order valence-electron chi connectivity index (χ1n) is 9.09. The van der Waals surface area contributed by atoms with Crippen molar-refractivity contribution in [2.75, 3.05) is 6.54 Å². The van der Waals surface area contributed by atoms with Crippen LogP contribution in [0.4, 0.5) is 0 Å². The van der Waals surface area contributed by atoms with Crippen molar-refractivity contribution in [1.82, 2.24) is 19.8 Å². The SMILES string of the molecule is CCN1C(=S)N[C@@H](c2ccccn2)[C@H]1c1cccn1-c1ccc(C(=O)O)cc1. The molecule has 142 valence electrons. The molecular formula is C21H20N4O2S. The molecule has 2 atom stereocenters. The van der Waals surface area contributed by atoms with E-state index >= 15 is 0 Å². The molecule has 4 rings (SSSR count). The van der Waals surface area contributed by atoms with Gasteiger partial charge in [0.05, 0.1) is 23.3 Å². The molecule has 1 saturated heterocycles. The van der Waals surface area contributed by atoms with Gasteiger partial charge in [0.15, 0.2) is 5.11 Å². The van der Waals surface area contributed by atoms with Crippen LogP contribution >= 0.6 is 12.2 Å². The van der Waals surface area contributed by atoms with Crippen LogP contribution in [0.2, 0.25) is 0 Å². The van der Waals surface area contributed by atoms with Gasteiger partial charge in [0, 0.05) is 30.3 Å². The summed E-state index contributed by atoms with van der Waals surface area (Å²) in [6.45, 7) is 2.85. The first-order valence-corrected chi connectivity index (χ1v) is 9.50. The van der Waals surface area contributed by atoms with Gasteiger partial charge in [-0.05, 0) is 67.7 Å². The molecule has 3 aromatic rings. The molecule has 1 aliphatic rings. The van der Waals surface area contributed by atoms with Gasteiger partial charge in [0.1, 0.15) is 0 Å². The Labute approximate surface area is 168 Å². The summed E-state index contributed by atoms with van der Waals surface area (Å²) in [6, 6.07) is 16.7. The molecule has 6 nitrogen and oxygen atoms in total. The number of carboxylic acids is 1. The lowest BCUT2D eigenvalue weighted by Gasteiger charge is -2.28. The molecule has 7 heteroatoms. The van der Waals surface area contributed by atoms with Crippen LogP contribution in [-0.2, 0) is 0 Å². The standard InChI is InChI=1S/C21H20N4O2S/c1-2-24-19(18(23-21(24)28)16-6-3-4-12-22-16)17-7-5-13-25(17)15-10-8-14(9-11-15)20(26)27/h3-13,18-19H,2H2,1H3,(H,23,28)(H,26,27)/t18-,19+/m0/s1. The largest absolute Gasteiger partial charge is 0.478 e. The maximum Gasteiger partial charge on any atom is 0.335 e. The zero-order valence-corrected chi connectivity index (χ0v) is 16.1. The lowest BCUT2D eigenvalue weighted by atomic mass is 10.0. The van der Waals surface area contributed by atoms with Crippen molar-refractivity contribution < 1.29 is 9.90 Å². The van der Waals surface area contributed by atoms with Crippen LogP contribution in [0.3, 0.4) is 0 Å². The molecule has 2 aromatic heterocycles. The highest BCUT2D eigenvalue weighted by Gasteiger charge is 2.40. The Bertz CT molecular complexity index is 1000. The maximum atomic E-state index is 11.1. The monoisotopic (exact) mass is 392 g/mol. The number of hydrogen-bond acceptors (Lipinski definition) is 3. The summed E-state index contributed by atoms with van der Waals surface area (Å²) < 4.78 is 2.07. The van der Waals surface area contributed by atoms with Crippen molar-refractivity contribution in [2.45, 2.75) is 19.0 Å². The Kier molecular flexibility index (Phi) is 4.83. The first kappa shape index (κ1) is 18.2. The molecule has 28 heavy (non-hydrogen) atoms. The van der Waals surface area contributed by atoms with Gasteiger partial charge in [-0.15, -0.1) is 0 Å². The van der Waals surface area contributed by atoms with Crippen molar-refractivity contribution in [1.29, 1.82) is 0 Å². The Morgan fingerprint density at radius 3 is 2.61 bits per heavy atom. The number of carboxylic acid groups (broad SMARTS) is 1. The predicted octanol–water partition coefficient (Wildman–Crippen LogP) is 3.56. The fraction of sp³-hybridized carbons (Fsp3) is 0.190. The van der Waals surface area contributed by atoms with Gasteiger partial charge >= 0.3 is 5.97 Å². The van der Waals surface area contributed by atoms with E-state index in [4.69, 9.17) is 17.3 Å². The van der Waals surface area contributed by atoms with Crippen molar-refractivity contribution in [3.63, 3.8) is 0 Å². The fourth-order valence-electron chi connectivity index (χ4n) is 3.70. The summed E-state index contributed by atoms with van der Waals surface area (Å²) >= 11 is 5.59. The molecule has 0 amide bonds. The van der Waals surface area contributed by atoms with E-state index in [1.165, 1.54) is 0 Å². The van der Waals surface area contributed by atoms with E-state index in [2.05, 4.69) is 32.8 Å². The van der Waals surface area contributed by atoms with Gasteiger partial charge in [-0.1, -0.05) is 6.07 Å². The van der Waals surface area contributed by atoms with Gasteiger partial charge in [-0.3, -0.25) is 4.98 Å². The van der Waals surface area contributed by atoms with E-state index in [0.29, 0.717) is 5.11 Å². The van der Waals surface area contributed by atoms with Crippen LogP contribution in [0.5, 0.6) is 0 Å². The smallest absolute Gasteiger partial charge is 0.335 e. The second-order valence-electron chi connectivity index (χ2n) is 6.57. The zero-order chi connectivity index (χ0) is 19.7. The van der Waals surface area contributed by atoms with Crippen molar-refractivity contribution >= 4 is 23.3 Å². The second kappa shape index (κ2) is 7.44. The molecule has 3 heterocycles. The molecule has 0 unspecified atom stereocenters. The van der Waals surface area contributed by atoms with Crippen LogP contribution in [-0.4, -0.2) is 37.2 Å². The highest BCUT2D eigenvalue weighted by Crippen LogP contribution is 2.39. The van der Waals surface area contributed by atoms with E-state index in [1.807, 2.05) is 42.6 Å². The number of aromatic nitrogens is 2. The minimum absolute atomic E-state index is 0.0263. The molecule has 0 spiro atoms. The van der Waals surface area contributed by atoms with Crippen molar-refractivity contribution in [3.05, 3.63) is 83.9 Å². The van der Waals surface area contributed by atoms with Gasteiger partial charge in [-0.25, -0.2) is 4.79 Å². The lowest BCUT2D eigenvalue weighted by Crippen LogP contribution is -2.30. The number of carbonyl (C=O) groups is 1. The summed E-state index contributed by atoms with van der Waals surface area (Å²) in [5.74, 6) is -0.933. The number of aromatic carboxylic acids is 1. The number of pyridine rings is 1. The minimum atomic E-state index is -0.933. The van der Waals surface area contributed by atoms with Gasteiger partial charge in [0.25, 0.3) is 0 Å². The van der Waals surface area contributed by atoms with E-state index in [1.54, 1.807) is 18.3 Å². The number of rotatable bonds is 5. The maximum absolute atomic E-state index is 11.1. The highest BCUT2D eigenvalue weighted by molar-refractivity contribution is 7.80. The van der Waals surface area contributed by atoms with E-state index < -0.39 is 5.97 Å². The van der Waals surface area contributed by atoms with E-state index in [9.17, 15) is 4.79 Å². The first-order chi connectivity index (χ1) is 13.6. The van der Waals surface area contributed by atoms with Crippen molar-refractivity contribution in [3.8, 4) is 5.69 Å². The molecule has 1 fully saturated rings. The topological polar surface area (TPSA) is 70.4 Å². The molecule has 0 aliphatic carbocycles. The van der Waals surface area contributed by atoms with E-state index in [0.717, 1.165) is 23.6 Å². The average molecular weight is 392 g/mol. The Balaban J connectivity index is 1.77. The number of nitrogens with zero attached hydrogens (tertiary/aromatic N) is 3. The average Bonchev–Trinajstić information content (AvgIpc) is 3.32. The Morgan fingerprint density at radius 2 is 1.96 bits per heavy atom. The van der Waals surface area contributed by atoms with Crippen LogP contribution in [0.1, 0.15) is 40.8 Å². The predicted molar refractivity (Wildman–Crippen MR) is 111 cm³/mol. The molecule has 0 radical (unpaired) electrons. The molecular weight excluding hydrogens is 372 g/mol. The third kappa shape index (κ3) is 3.14. The summed E-state index contributed by atoms with van der Waals surface area (Å²) in [7, 11) is 0. The summed E-state index contributed by atoms with van der Waals surface area (Å²) in [4.78, 5) is 17.8. The molecule has 0 bridgehead atoms. The third-order valence-corrected chi connectivity index (χ3v) is 5.37. The van der Waals surface area contributed by atoms with Crippen LogP contribution in [0.25, 0.3) is 5.69 Å². The number of nitrogens with one attached hydrogen (secondary N) is 1. The summed E-state index contributed by atoms with van der Waals surface area (Å²) in [5, 5.41) is 13.3. The highest BCUT2D eigenvalue weighted by atomic mass is 32.1. The fourth-order valence-corrected chi connectivity index (χ4v) is 4.07. The molecule has 2 N–H and O–H groups in total. The number of benzene rings is 1. The van der Waals surface area contributed by atoms with Crippen LogP contribution < -0.4 is 5.32 Å². The van der Waals surface area contributed by atoms with Gasteiger partial charge in [0.2, 0.25) is 0 Å². The third-order valence-electron chi connectivity index (χ3n) is 5.01. The molecule has 0 saturated carbocycles. The second-order valence-corrected chi connectivity index (χ2v) is 6.95. The Hall–Kier alpha value is -3.19. The quantitative estimate of drug-likeness (QED) is 0.647. The van der Waals surface area contributed by atoms with Gasteiger partial charge < -0.3 is 19.9 Å². The van der Waals surface area contributed by atoms with Gasteiger partial charge in [-0.2, -0.15) is 0 Å². The van der Waals surface area contributed by atoms with Crippen LogP contribution in [0, 0.1) is 0 Å². The number of hydrogen-bond donors (Lipinski definition) is 2. The summed E-state index contributed by atoms with van der Waals surface area (Å²) in [5.41, 5.74) is 3.16. The Morgan fingerprint density at radius 1 is 1.18 bits per heavy atom. The van der Waals surface area contributed by atoms with Crippen molar-refractivity contribution in [2.24, 2.45) is 0 Å². The zero-order valence-electron chi connectivity index (χ0n) is 15.3. The molecule has 1 aromatic carbocycles. The summed E-state index contributed by atoms with van der Waals surface area (Å²) in [6.07, 6.45) is 3.77. The number of thiocarbonyl (C=S) groups is 1. The minimum Gasteiger partial charge on any atom is -0.478 e. The van der Waals surface area contributed by atoms with Crippen LogP contribution in [0.15, 0.2) is 67.0 Å². The van der Waals surface area contributed by atoms with E-state index in [-0.39, 0.29) is 17.6 Å². The number of likely N-dealkylation sites (N-methyl/N-ethyl adjacent to an activating group) is 1. The normalized spacial score (nSPS) is 18.9. The lowest BCUT2D eigenvalue weighted by molar-refractivity contribution is 0.0697. The molecule has 1 aliphatic heterocycles.